The second-order valence-electron chi connectivity index (χ2n) is 4.42. The van der Waals surface area contributed by atoms with Gasteiger partial charge in [-0.3, -0.25) is 0 Å². The van der Waals surface area contributed by atoms with Gasteiger partial charge in [-0.25, -0.2) is 18.1 Å². The standard InChI is InChI=1S/C12H17N3O2S/c13-12-7-6-11(9-14-12)18(16,17)15-8-10-4-2-1-3-5-10/h1-2,6-7,9-10,15H,3-5,8H2,(H2,13,14). The monoisotopic (exact) mass is 267 g/mol. The predicted molar refractivity (Wildman–Crippen MR) is 70.3 cm³/mol. The first kappa shape index (κ1) is 13.0. The molecule has 1 heterocycles. The zero-order valence-corrected chi connectivity index (χ0v) is 10.9. The molecule has 0 spiro atoms. The number of aromatic nitrogens is 1. The highest BCUT2D eigenvalue weighted by Gasteiger charge is 2.17. The van der Waals surface area contributed by atoms with Crippen LogP contribution < -0.4 is 10.5 Å². The van der Waals surface area contributed by atoms with Crippen molar-refractivity contribution in [2.75, 3.05) is 12.3 Å². The molecule has 1 aromatic heterocycles. The Labute approximate surface area is 107 Å². The second-order valence-corrected chi connectivity index (χ2v) is 6.19. The summed E-state index contributed by atoms with van der Waals surface area (Å²) in [5, 5.41) is 0. The fourth-order valence-corrected chi connectivity index (χ4v) is 2.96. The third kappa shape index (κ3) is 3.30. The smallest absolute Gasteiger partial charge is 0.242 e. The van der Waals surface area contributed by atoms with Crippen LogP contribution in [0, 0.1) is 5.92 Å². The molecular formula is C12H17N3O2S. The lowest BCUT2D eigenvalue weighted by molar-refractivity contribution is 0.468. The van der Waals surface area contributed by atoms with Gasteiger partial charge in [0, 0.05) is 12.7 Å². The molecule has 1 unspecified atom stereocenters. The summed E-state index contributed by atoms with van der Waals surface area (Å²) in [4.78, 5) is 3.94. The Bertz CT molecular complexity index is 523. The van der Waals surface area contributed by atoms with Crippen LogP contribution in [0.15, 0.2) is 35.4 Å². The summed E-state index contributed by atoms with van der Waals surface area (Å²) in [6, 6.07) is 2.95. The van der Waals surface area contributed by atoms with Crippen molar-refractivity contribution in [1.29, 1.82) is 0 Å². The number of nitrogens with one attached hydrogen (secondary N) is 1. The van der Waals surface area contributed by atoms with E-state index in [9.17, 15) is 8.42 Å². The van der Waals surface area contributed by atoms with Gasteiger partial charge in [0.2, 0.25) is 10.0 Å². The van der Waals surface area contributed by atoms with Gasteiger partial charge in [0.25, 0.3) is 0 Å². The first-order chi connectivity index (χ1) is 8.58. The number of allylic oxidation sites excluding steroid dienone is 2. The van der Waals surface area contributed by atoms with Crippen LogP contribution in [0.5, 0.6) is 0 Å². The lowest BCUT2D eigenvalue weighted by Crippen LogP contribution is -2.29. The normalized spacial score (nSPS) is 19.9. The molecule has 1 aromatic rings. The molecule has 0 radical (unpaired) electrons. The number of hydrogen-bond donors (Lipinski definition) is 2. The number of nitrogen functional groups attached to an aromatic ring is 1. The molecule has 98 valence electrons. The van der Waals surface area contributed by atoms with Crippen molar-refractivity contribution in [2.45, 2.75) is 24.2 Å². The van der Waals surface area contributed by atoms with Crippen molar-refractivity contribution < 1.29 is 8.42 Å². The van der Waals surface area contributed by atoms with E-state index in [-0.39, 0.29) is 4.90 Å². The Balaban J connectivity index is 1.99. The molecule has 1 aliphatic carbocycles. The van der Waals surface area contributed by atoms with Gasteiger partial charge >= 0.3 is 0 Å². The van der Waals surface area contributed by atoms with E-state index in [1.807, 2.05) is 0 Å². The molecule has 0 aromatic carbocycles. The number of sulfonamides is 1. The fraction of sp³-hybridized carbons (Fsp3) is 0.417. The molecule has 0 aliphatic heterocycles. The zero-order valence-electron chi connectivity index (χ0n) is 10.0. The molecule has 3 N–H and O–H groups in total. The van der Waals surface area contributed by atoms with Crippen LogP contribution in [-0.4, -0.2) is 19.9 Å². The van der Waals surface area contributed by atoms with Crippen LogP contribution in [0.1, 0.15) is 19.3 Å². The third-order valence-corrected chi connectivity index (χ3v) is 4.42. The number of pyridine rings is 1. The summed E-state index contributed by atoms with van der Waals surface area (Å²) in [5.41, 5.74) is 5.43. The van der Waals surface area contributed by atoms with Gasteiger partial charge in [-0.1, -0.05) is 12.2 Å². The Hall–Kier alpha value is -1.40. The topological polar surface area (TPSA) is 85.1 Å². The van der Waals surface area contributed by atoms with Crippen molar-refractivity contribution in [3.63, 3.8) is 0 Å². The summed E-state index contributed by atoms with van der Waals surface area (Å²) >= 11 is 0. The van der Waals surface area contributed by atoms with Gasteiger partial charge in [0.05, 0.1) is 0 Å². The van der Waals surface area contributed by atoms with Crippen molar-refractivity contribution in [1.82, 2.24) is 9.71 Å². The second kappa shape index (κ2) is 5.49. The molecule has 1 atom stereocenters. The maximum atomic E-state index is 12.0. The SMILES string of the molecule is Nc1ccc(S(=O)(=O)NCC2CC=CCC2)cn1. The van der Waals surface area contributed by atoms with E-state index in [1.165, 1.54) is 18.3 Å². The molecule has 5 nitrogen and oxygen atoms in total. The number of anilines is 1. The largest absolute Gasteiger partial charge is 0.384 e. The Kier molecular flexibility index (Phi) is 3.98. The van der Waals surface area contributed by atoms with Crippen LogP contribution >= 0.6 is 0 Å². The van der Waals surface area contributed by atoms with E-state index in [4.69, 9.17) is 5.73 Å². The Morgan fingerprint density at radius 1 is 1.39 bits per heavy atom. The minimum absolute atomic E-state index is 0.156. The summed E-state index contributed by atoms with van der Waals surface area (Å²) in [6.07, 6.45) is 8.50. The van der Waals surface area contributed by atoms with Crippen molar-refractivity contribution in [2.24, 2.45) is 5.92 Å². The number of nitrogens with two attached hydrogens (primary N) is 1. The van der Waals surface area contributed by atoms with E-state index < -0.39 is 10.0 Å². The number of rotatable bonds is 4. The first-order valence-corrected chi connectivity index (χ1v) is 7.42. The highest BCUT2D eigenvalue weighted by atomic mass is 32.2. The minimum Gasteiger partial charge on any atom is -0.384 e. The lowest BCUT2D eigenvalue weighted by Gasteiger charge is -2.18. The van der Waals surface area contributed by atoms with Gasteiger partial charge < -0.3 is 5.73 Å². The van der Waals surface area contributed by atoms with Crippen LogP contribution in [-0.2, 0) is 10.0 Å². The van der Waals surface area contributed by atoms with Gasteiger partial charge in [0.15, 0.2) is 0 Å². The summed E-state index contributed by atoms with van der Waals surface area (Å²) < 4.78 is 26.6. The van der Waals surface area contributed by atoms with Gasteiger partial charge in [-0.05, 0) is 37.3 Å². The van der Waals surface area contributed by atoms with Crippen molar-refractivity contribution >= 4 is 15.8 Å². The third-order valence-electron chi connectivity index (χ3n) is 3.01. The van der Waals surface area contributed by atoms with E-state index in [0.29, 0.717) is 18.3 Å². The van der Waals surface area contributed by atoms with Crippen LogP contribution in [0.2, 0.25) is 0 Å². The van der Waals surface area contributed by atoms with Crippen molar-refractivity contribution in [3.8, 4) is 0 Å². The van der Waals surface area contributed by atoms with Crippen LogP contribution in [0.25, 0.3) is 0 Å². The highest BCUT2D eigenvalue weighted by molar-refractivity contribution is 7.89. The van der Waals surface area contributed by atoms with Crippen LogP contribution in [0.4, 0.5) is 5.82 Å². The quantitative estimate of drug-likeness (QED) is 0.805. The number of hydrogen-bond acceptors (Lipinski definition) is 4. The molecule has 0 fully saturated rings. The highest BCUT2D eigenvalue weighted by Crippen LogP contribution is 2.18. The molecule has 18 heavy (non-hydrogen) atoms. The van der Waals surface area contributed by atoms with Gasteiger partial charge in [-0.15, -0.1) is 0 Å². The first-order valence-electron chi connectivity index (χ1n) is 5.94. The molecule has 2 rings (SSSR count). The van der Waals surface area contributed by atoms with Crippen molar-refractivity contribution in [3.05, 3.63) is 30.5 Å². The lowest BCUT2D eigenvalue weighted by atomic mass is 9.95. The van der Waals surface area contributed by atoms with Gasteiger partial charge in [0.1, 0.15) is 10.7 Å². The molecule has 0 amide bonds. The molecular weight excluding hydrogens is 250 g/mol. The minimum atomic E-state index is -3.47. The summed E-state index contributed by atoms with van der Waals surface area (Å²) in [7, 11) is -3.47. The molecule has 0 bridgehead atoms. The predicted octanol–water partition coefficient (Wildman–Crippen LogP) is 1.30. The average molecular weight is 267 g/mol. The summed E-state index contributed by atoms with van der Waals surface area (Å²) in [5.74, 6) is 0.692. The Morgan fingerprint density at radius 2 is 2.22 bits per heavy atom. The molecule has 0 saturated heterocycles. The molecule has 6 heteroatoms. The van der Waals surface area contributed by atoms with E-state index in [2.05, 4.69) is 21.9 Å². The van der Waals surface area contributed by atoms with Crippen LogP contribution in [0.3, 0.4) is 0 Å². The number of nitrogens with zero attached hydrogens (tertiary/aromatic N) is 1. The Morgan fingerprint density at radius 3 is 2.83 bits per heavy atom. The summed E-state index contributed by atoms with van der Waals surface area (Å²) in [6.45, 7) is 0.469. The van der Waals surface area contributed by atoms with E-state index in [0.717, 1.165) is 19.3 Å². The molecule has 1 aliphatic rings. The maximum Gasteiger partial charge on any atom is 0.242 e. The maximum absolute atomic E-state index is 12.0. The van der Waals surface area contributed by atoms with E-state index in [1.54, 1.807) is 0 Å². The van der Waals surface area contributed by atoms with E-state index >= 15 is 0 Å². The zero-order chi connectivity index (χ0) is 13.0. The average Bonchev–Trinajstić information content (AvgIpc) is 2.38. The fourth-order valence-electron chi connectivity index (χ4n) is 1.90. The van der Waals surface area contributed by atoms with Gasteiger partial charge in [-0.2, -0.15) is 0 Å². The molecule has 0 saturated carbocycles.